The van der Waals surface area contributed by atoms with Crippen LogP contribution in [-0.2, 0) is 19.3 Å². The number of carbonyl (C=O) groups excluding carboxylic acids is 2. The second kappa shape index (κ2) is 10.7. The Labute approximate surface area is 231 Å². The van der Waals surface area contributed by atoms with Gasteiger partial charge in [0.2, 0.25) is 17.5 Å². The van der Waals surface area contributed by atoms with Gasteiger partial charge in [0.05, 0.1) is 18.4 Å². The minimum Gasteiger partial charge on any atom is -0.430 e. The molecule has 2 N–H and O–H groups in total. The molecule has 4 aromatic rings. The number of nitrogens with one attached hydrogen (secondary N) is 2. The van der Waals surface area contributed by atoms with E-state index >= 15 is 0 Å². The van der Waals surface area contributed by atoms with Crippen LogP contribution in [0.4, 0.5) is 24.7 Å². The number of nitrogens with zero attached hydrogens (tertiary/aromatic N) is 6. The predicted octanol–water partition coefficient (Wildman–Crippen LogP) is 4.29. The lowest BCUT2D eigenvalue weighted by Crippen LogP contribution is -2.38. The van der Waals surface area contributed by atoms with E-state index in [0.29, 0.717) is 42.7 Å². The van der Waals surface area contributed by atoms with Crippen molar-refractivity contribution in [1.82, 2.24) is 30.0 Å². The van der Waals surface area contributed by atoms with Crippen LogP contribution in [-0.4, -0.2) is 49.1 Å². The van der Waals surface area contributed by atoms with Gasteiger partial charge in [-0.1, -0.05) is 31.0 Å². The van der Waals surface area contributed by atoms with Crippen molar-refractivity contribution in [2.75, 3.05) is 16.8 Å². The minimum atomic E-state index is -4.89. The number of amides is 2. The van der Waals surface area contributed by atoms with Crippen LogP contribution in [0.2, 0.25) is 0 Å². The smallest absolute Gasteiger partial charge is 0.430 e. The molecule has 6 rings (SSSR count). The normalized spacial score (nSPS) is 15.5. The number of alkyl halides is 3. The first-order valence-electron chi connectivity index (χ1n) is 13.1. The van der Waals surface area contributed by atoms with Gasteiger partial charge < -0.3 is 24.5 Å². The van der Waals surface area contributed by atoms with Crippen molar-refractivity contribution in [1.29, 1.82) is 0 Å². The summed E-state index contributed by atoms with van der Waals surface area (Å²) in [6.07, 6.45) is 0.610. The van der Waals surface area contributed by atoms with Crippen molar-refractivity contribution in [3.8, 4) is 11.5 Å². The Morgan fingerprint density at radius 1 is 0.976 bits per heavy atom. The van der Waals surface area contributed by atoms with Gasteiger partial charge in [0.25, 0.3) is 11.8 Å². The molecule has 4 heterocycles. The van der Waals surface area contributed by atoms with Gasteiger partial charge in [-0.3, -0.25) is 9.59 Å². The molecule has 0 atom stereocenters. The molecular weight excluding hydrogens is 541 g/mol. The molecule has 0 unspecified atom stereocenters. The van der Waals surface area contributed by atoms with E-state index in [-0.39, 0.29) is 23.5 Å². The molecule has 212 valence electrons. The molecule has 11 nitrogen and oxygen atoms in total. The van der Waals surface area contributed by atoms with Crippen LogP contribution in [0.25, 0.3) is 11.5 Å². The number of halogens is 3. The minimum absolute atomic E-state index is 0.175. The molecule has 0 spiro atoms. The van der Waals surface area contributed by atoms with Gasteiger partial charge in [0.15, 0.2) is 11.5 Å². The molecule has 1 fully saturated rings. The summed E-state index contributed by atoms with van der Waals surface area (Å²) in [5, 5.41) is 13.7. The molecule has 0 bridgehead atoms. The number of fused-ring (bicyclic) bond motifs is 1. The zero-order chi connectivity index (χ0) is 28.6. The standard InChI is InChI=1S/C27H25F3N8O3/c28-27(29,30)22-21(41-26(34-22)16-6-2-1-3-7-16)24(39)33-18-10-11-19(31-14-18)37-12-13-38-20(15-37)35-36-23(38)25(40)32-17-8-4-5-9-17/h1-3,6-7,10-11,14,17H,4-5,8-9,12-13,15H2,(H,32,40)(H,33,39). The lowest BCUT2D eigenvalue weighted by Gasteiger charge is -2.28. The highest BCUT2D eigenvalue weighted by molar-refractivity contribution is 6.03. The van der Waals surface area contributed by atoms with E-state index in [2.05, 4.69) is 30.8 Å². The highest BCUT2D eigenvalue weighted by Gasteiger charge is 2.41. The molecular formula is C27H25F3N8O3. The first-order chi connectivity index (χ1) is 19.8. The quantitative estimate of drug-likeness (QED) is 0.354. The number of rotatable bonds is 6. The fraction of sp³-hybridized carbons (Fsp3) is 0.333. The maximum atomic E-state index is 13.6. The second-order valence-electron chi connectivity index (χ2n) is 9.89. The van der Waals surface area contributed by atoms with E-state index in [1.54, 1.807) is 28.8 Å². The first-order valence-corrected chi connectivity index (χ1v) is 13.1. The Kier molecular flexibility index (Phi) is 6.89. The van der Waals surface area contributed by atoms with Crippen molar-refractivity contribution in [2.24, 2.45) is 0 Å². The van der Waals surface area contributed by atoms with Crippen LogP contribution in [0, 0.1) is 0 Å². The number of aromatic nitrogens is 5. The maximum absolute atomic E-state index is 13.6. The summed E-state index contributed by atoms with van der Waals surface area (Å²) in [6.45, 7) is 1.37. The van der Waals surface area contributed by atoms with Crippen LogP contribution in [0.15, 0.2) is 53.1 Å². The summed E-state index contributed by atoms with van der Waals surface area (Å²) in [7, 11) is 0. The van der Waals surface area contributed by atoms with Crippen LogP contribution in [0.3, 0.4) is 0 Å². The molecule has 2 aliphatic rings. The highest BCUT2D eigenvalue weighted by atomic mass is 19.4. The number of carbonyl (C=O) groups is 2. The van der Waals surface area contributed by atoms with Crippen LogP contribution in [0.1, 0.15) is 58.4 Å². The van der Waals surface area contributed by atoms with Gasteiger partial charge in [-0.05, 0) is 37.1 Å². The lowest BCUT2D eigenvalue weighted by atomic mass is 10.2. The number of benzene rings is 1. The van der Waals surface area contributed by atoms with Crippen LogP contribution >= 0.6 is 0 Å². The number of hydrogen-bond acceptors (Lipinski definition) is 8. The van der Waals surface area contributed by atoms with E-state index in [1.165, 1.54) is 24.4 Å². The highest BCUT2D eigenvalue weighted by Crippen LogP contribution is 2.35. The van der Waals surface area contributed by atoms with E-state index in [0.717, 1.165) is 25.7 Å². The monoisotopic (exact) mass is 566 g/mol. The molecule has 1 aliphatic heterocycles. The third kappa shape index (κ3) is 5.49. The zero-order valence-electron chi connectivity index (χ0n) is 21.7. The molecule has 3 aromatic heterocycles. The summed E-state index contributed by atoms with van der Waals surface area (Å²) >= 11 is 0. The lowest BCUT2D eigenvalue weighted by molar-refractivity contribution is -0.141. The van der Waals surface area contributed by atoms with Crippen LogP contribution < -0.4 is 15.5 Å². The zero-order valence-corrected chi connectivity index (χ0v) is 21.7. The van der Waals surface area contributed by atoms with E-state index in [4.69, 9.17) is 4.42 Å². The number of hydrogen-bond donors (Lipinski definition) is 2. The molecule has 1 saturated carbocycles. The van der Waals surface area contributed by atoms with Gasteiger partial charge >= 0.3 is 6.18 Å². The fourth-order valence-electron chi connectivity index (χ4n) is 5.05. The molecule has 14 heteroatoms. The average molecular weight is 567 g/mol. The van der Waals surface area contributed by atoms with Gasteiger partial charge in [-0.15, -0.1) is 10.2 Å². The number of pyridine rings is 1. The third-order valence-electron chi connectivity index (χ3n) is 7.10. The van der Waals surface area contributed by atoms with Crippen molar-refractivity contribution in [2.45, 2.75) is 51.0 Å². The summed E-state index contributed by atoms with van der Waals surface area (Å²) in [4.78, 5) is 35.3. The molecule has 0 saturated heterocycles. The molecule has 41 heavy (non-hydrogen) atoms. The Morgan fingerprint density at radius 3 is 2.46 bits per heavy atom. The van der Waals surface area contributed by atoms with Crippen LogP contribution in [0.5, 0.6) is 0 Å². The maximum Gasteiger partial charge on any atom is 0.437 e. The van der Waals surface area contributed by atoms with E-state index in [9.17, 15) is 22.8 Å². The third-order valence-corrected chi connectivity index (χ3v) is 7.10. The topological polar surface area (TPSA) is 131 Å². The Bertz CT molecular complexity index is 1560. The first kappa shape index (κ1) is 26.5. The fourth-order valence-corrected chi connectivity index (χ4v) is 5.05. The molecule has 1 aliphatic carbocycles. The Hall–Kier alpha value is -4.75. The summed E-state index contributed by atoms with van der Waals surface area (Å²) in [5.74, 6) is -1.10. The predicted molar refractivity (Wildman–Crippen MR) is 140 cm³/mol. The van der Waals surface area contributed by atoms with E-state index in [1.807, 2.05) is 4.90 Å². The molecule has 1 aromatic carbocycles. The van der Waals surface area contributed by atoms with Gasteiger partial charge in [0.1, 0.15) is 5.82 Å². The summed E-state index contributed by atoms with van der Waals surface area (Å²) in [5.41, 5.74) is -0.926. The van der Waals surface area contributed by atoms with E-state index < -0.39 is 23.5 Å². The van der Waals surface area contributed by atoms with Crippen molar-refractivity contribution < 1.29 is 27.2 Å². The number of oxazole rings is 1. The summed E-state index contributed by atoms with van der Waals surface area (Å²) in [6, 6.07) is 11.4. The Morgan fingerprint density at radius 2 is 1.76 bits per heavy atom. The molecule has 0 radical (unpaired) electrons. The van der Waals surface area contributed by atoms with Gasteiger partial charge in [-0.2, -0.15) is 13.2 Å². The van der Waals surface area contributed by atoms with Crippen molar-refractivity contribution >= 4 is 23.3 Å². The number of anilines is 2. The van der Waals surface area contributed by atoms with Crippen molar-refractivity contribution in [3.63, 3.8) is 0 Å². The summed E-state index contributed by atoms with van der Waals surface area (Å²) < 4.78 is 47.9. The molecule has 2 amide bonds. The van der Waals surface area contributed by atoms with Gasteiger partial charge in [-0.25, -0.2) is 9.97 Å². The average Bonchev–Trinajstić information content (AvgIpc) is 3.73. The van der Waals surface area contributed by atoms with Gasteiger partial charge in [0, 0.05) is 24.7 Å². The van der Waals surface area contributed by atoms with Crippen molar-refractivity contribution in [3.05, 3.63) is 71.8 Å². The largest absolute Gasteiger partial charge is 0.437 e. The SMILES string of the molecule is O=C(Nc1ccc(N2CCn3c(nnc3C(=O)NC3CCCC3)C2)nc1)c1oc(-c2ccccc2)nc1C(F)(F)F. The Balaban J connectivity index is 1.13. The second-order valence-corrected chi connectivity index (χ2v) is 9.89.